The Labute approximate surface area is 166 Å². The number of imide groups is 1. The number of aromatic nitrogens is 2. The summed E-state index contributed by atoms with van der Waals surface area (Å²) in [4.78, 5) is 32.3. The summed E-state index contributed by atoms with van der Waals surface area (Å²) in [6.45, 7) is 10.5. The molecular formula is C17H23ClF3N3O4. The fourth-order valence-corrected chi connectivity index (χ4v) is 2.02. The summed E-state index contributed by atoms with van der Waals surface area (Å²) >= 11 is 5.77. The zero-order chi connectivity index (χ0) is 22.1. The molecule has 0 fully saturated rings. The highest BCUT2D eigenvalue weighted by Crippen LogP contribution is 2.36. The van der Waals surface area contributed by atoms with E-state index in [2.05, 4.69) is 9.97 Å². The molecule has 0 spiro atoms. The Bertz CT molecular complexity index is 713. The third kappa shape index (κ3) is 6.81. The van der Waals surface area contributed by atoms with Gasteiger partial charge in [-0.05, 0) is 48.5 Å². The van der Waals surface area contributed by atoms with Crippen molar-refractivity contribution in [3.8, 4) is 0 Å². The number of halogens is 4. The van der Waals surface area contributed by atoms with Gasteiger partial charge >= 0.3 is 18.4 Å². The molecule has 0 saturated carbocycles. The minimum Gasteiger partial charge on any atom is -0.443 e. The number of hydrogen-bond acceptors (Lipinski definition) is 6. The van der Waals surface area contributed by atoms with E-state index in [0.717, 1.165) is 6.20 Å². The molecule has 7 nitrogen and oxygen atoms in total. The minimum atomic E-state index is -4.89. The number of rotatable bonds is 2. The summed E-state index contributed by atoms with van der Waals surface area (Å²) in [6.07, 6.45) is -6.63. The second-order valence-electron chi connectivity index (χ2n) is 7.88. The molecule has 11 heteroatoms. The zero-order valence-corrected chi connectivity index (χ0v) is 17.4. The highest BCUT2D eigenvalue weighted by molar-refractivity contribution is 6.20. The first-order valence-corrected chi connectivity index (χ1v) is 8.70. The van der Waals surface area contributed by atoms with Crippen LogP contribution in [-0.4, -0.2) is 33.4 Å². The number of amides is 2. The summed E-state index contributed by atoms with van der Waals surface area (Å²) in [6, 6.07) is 0. The molecule has 1 aromatic rings. The molecule has 158 valence electrons. The largest absolute Gasteiger partial charge is 0.443 e. The molecule has 1 unspecified atom stereocenters. The summed E-state index contributed by atoms with van der Waals surface area (Å²) in [5, 5.41) is -1.05. The molecule has 1 aromatic heterocycles. The average Bonchev–Trinajstić information content (AvgIpc) is 2.42. The number of hydrogen-bond donors (Lipinski definition) is 0. The lowest BCUT2D eigenvalue weighted by Gasteiger charge is -2.28. The van der Waals surface area contributed by atoms with Gasteiger partial charge in [0.2, 0.25) is 5.95 Å². The van der Waals surface area contributed by atoms with Crippen LogP contribution in [0.3, 0.4) is 0 Å². The maximum absolute atomic E-state index is 13.4. The summed E-state index contributed by atoms with van der Waals surface area (Å²) in [7, 11) is 0. The monoisotopic (exact) mass is 425 g/mol. The predicted molar refractivity (Wildman–Crippen MR) is 96.2 cm³/mol. The Kier molecular flexibility index (Phi) is 6.93. The van der Waals surface area contributed by atoms with E-state index in [-0.39, 0.29) is 4.90 Å². The van der Waals surface area contributed by atoms with Crippen LogP contribution in [0.2, 0.25) is 0 Å². The molecule has 0 N–H and O–H groups in total. The van der Waals surface area contributed by atoms with Crippen LogP contribution in [0.25, 0.3) is 0 Å². The van der Waals surface area contributed by atoms with Crippen LogP contribution >= 0.6 is 11.6 Å². The van der Waals surface area contributed by atoms with Crippen molar-refractivity contribution < 1.29 is 32.2 Å². The molecular weight excluding hydrogens is 403 g/mol. The lowest BCUT2D eigenvalue weighted by atomic mass is 10.1. The fourth-order valence-electron chi connectivity index (χ4n) is 1.86. The first kappa shape index (κ1) is 23.9. The molecule has 1 rings (SSSR count). The van der Waals surface area contributed by atoms with Crippen molar-refractivity contribution in [1.82, 2.24) is 9.97 Å². The van der Waals surface area contributed by atoms with Gasteiger partial charge < -0.3 is 9.47 Å². The number of carbonyl (C=O) groups is 2. The van der Waals surface area contributed by atoms with Crippen LogP contribution in [0, 0.1) is 0 Å². The highest BCUT2D eigenvalue weighted by atomic mass is 35.5. The number of carbonyl (C=O) groups excluding carboxylic acids is 2. The van der Waals surface area contributed by atoms with Gasteiger partial charge in [0, 0.05) is 11.8 Å². The van der Waals surface area contributed by atoms with E-state index in [4.69, 9.17) is 21.1 Å². The van der Waals surface area contributed by atoms with E-state index in [9.17, 15) is 22.8 Å². The van der Waals surface area contributed by atoms with Crippen LogP contribution in [0.15, 0.2) is 6.20 Å². The number of nitrogens with zero attached hydrogens (tertiary/aromatic N) is 3. The van der Waals surface area contributed by atoms with Gasteiger partial charge in [-0.15, -0.1) is 16.5 Å². The number of alkyl halides is 4. The first-order chi connectivity index (χ1) is 12.4. The normalized spacial score (nSPS) is 13.7. The first-order valence-electron chi connectivity index (χ1n) is 8.26. The Balaban J connectivity index is 3.53. The molecule has 0 radical (unpaired) electrons. The third-order valence-corrected chi connectivity index (χ3v) is 3.09. The van der Waals surface area contributed by atoms with Crippen molar-refractivity contribution in [1.29, 1.82) is 0 Å². The number of anilines is 1. The van der Waals surface area contributed by atoms with E-state index >= 15 is 0 Å². The van der Waals surface area contributed by atoms with Crippen LogP contribution in [0.5, 0.6) is 0 Å². The fraction of sp³-hybridized carbons (Fsp3) is 0.647. The van der Waals surface area contributed by atoms with E-state index in [1.54, 1.807) is 0 Å². The quantitative estimate of drug-likeness (QED) is 0.584. The smallest absolute Gasteiger partial charge is 0.433 e. The van der Waals surface area contributed by atoms with Gasteiger partial charge in [-0.2, -0.15) is 13.2 Å². The molecule has 28 heavy (non-hydrogen) atoms. The highest BCUT2D eigenvalue weighted by Gasteiger charge is 2.40. The van der Waals surface area contributed by atoms with E-state index in [0.29, 0.717) is 0 Å². The van der Waals surface area contributed by atoms with E-state index in [1.807, 2.05) is 0 Å². The van der Waals surface area contributed by atoms with Gasteiger partial charge in [-0.1, -0.05) is 0 Å². The average molecular weight is 426 g/mol. The van der Waals surface area contributed by atoms with E-state index < -0.39 is 52.1 Å². The van der Waals surface area contributed by atoms with Gasteiger partial charge in [0.1, 0.15) is 11.2 Å². The molecule has 0 aliphatic carbocycles. The van der Waals surface area contributed by atoms with Crippen molar-refractivity contribution in [3.05, 3.63) is 17.5 Å². The molecule has 2 amide bonds. The van der Waals surface area contributed by atoms with Crippen molar-refractivity contribution in [2.45, 2.75) is 71.2 Å². The van der Waals surface area contributed by atoms with Crippen molar-refractivity contribution >= 4 is 29.7 Å². The van der Waals surface area contributed by atoms with Gasteiger partial charge in [0.25, 0.3) is 0 Å². The van der Waals surface area contributed by atoms with Gasteiger partial charge in [0.15, 0.2) is 5.69 Å². The Morgan fingerprint density at radius 2 is 1.46 bits per heavy atom. The lowest BCUT2D eigenvalue weighted by molar-refractivity contribution is -0.141. The van der Waals surface area contributed by atoms with Crippen molar-refractivity contribution in [2.24, 2.45) is 0 Å². The topological polar surface area (TPSA) is 81.6 Å². The zero-order valence-electron chi connectivity index (χ0n) is 16.6. The van der Waals surface area contributed by atoms with Crippen molar-refractivity contribution in [3.63, 3.8) is 0 Å². The van der Waals surface area contributed by atoms with Gasteiger partial charge in [-0.25, -0.2) is 19.6 Å². The van der Waals surface area contributed by atoms with Crippen LogP contribution in [-0.2, 0) is 15.7 Å². The molecule has 0 saturated heterocycles. The molecule has 1 heterocycles. The summed E-state index contributed by atoms with van der Waals surface area (Å²) in [5.74, 6) is -0.836. The maximum atomic E-state index is 13.4. The summed E-state index contributed by atoms with van der Waals surface area (Å²) in [5.41, 5.74) is -3.83. The van der Waals surface area contributed by atoms with Crippen LogP contribution < -0.4 is 4.90 Å². The standard InChI is InChI=1S/C17H23ClF3N3O4/c1-9(18)10-8-22-12(23-11(10)17(19,20)21)24(13(25)27-15(2,3)4)14(26)28-16(5,6)7/h8-9H,1-7H3. The van der Waals surface area contributed by atoms with Crippen molar-refractivity contribution in [2.75, 3.05) is 4.90 Å². The summed E-state index contributed by atoms with van der Waals surface area (Å²) < 4.78 is 50.4. The van der Waals surface area contributed by atoms with Crippen LogP contribution in [0.1, 0.15) is 65.1 Å². The predicted octanol–water partition coefficient (Wildman–Crippen LogP) is 5.47. The second-order valence-corrected chi connectivity index (χ2v) is 8.54. The Hall–Kier alpha value is -2.10. The Morgan fingerprint density at radius 3 is 1.79 bits per heavy atom. The molecule has 0 aliphatic heterocycles. The molecule has 0 aromatic carbocycles. The van der Waals surface area contributed by atoms with Gasteiger partial charge in [-0.3, -0.25) is 0 Å². The van der Waals surface area contributed by atoms with Gasteiger partial charge in [0.05, 0.1) is 5.38 Å². The lowest BCUT2D eigenvalue weighted by Crippen LogP contribution is -2.44. The molecule has 0 aliphatic rings. The molecule has 0 bridgehead atoms. The molecule has 1 atom stereocenters. The van der Waals surface area contributed by atoms with Crippen LogP contribution in [0.4, 0.5) is 28.7 Å². The maximum Gasteiger partial charge on any atom is 0.433 e. The second kappa shape index (κ2) is 8.10. The number of ether oxygens (including phenoxy) is 2. The van der Waals surface area contributed by atoms with E-state index in [1.165, 1.54) is 48.5 Å². The SMILES string of the molecule is CC(Cl)c1cnc(N(C(=O)OC(C)(C)C)C(=O)OC(C)(C)C)nc1C(F)(F)F. The minimum absolute atomic E-state index is 0.217. The third-order valence-electron chi connectivity index (χ3n) is 2.85. The Morgan fingerprint density at radius 1 is 1.04 bits per heavy atom.